The zero-order valence-electron chi connectivity index (χ0n) is 6.50. The molecule has 2 rings (SSSR count). The highest BCUT2D eigenvalue weighted by Crippen LogP contribution is 2.30. The number of benzene rings is 1. The van der Waals surface area contributed by atoms with Crippen LogP contribution in [0.25, 0.3) is 11.3 Å². The first kappa shape index (κ1) is 9.19. The first-order chi connectivity index (χ1) is 6.27. The molecule has 0 spiro atoms. The lowest BCUT2D eigenvalue weighted by Gasteiger charge is -1.97. The summed E-state index contributed by atoms with van der Waals surface area (Å²) < 4.78 is 1.05. The van der Waals surface area contributed by atoms with Gasteiger partial charge in [0.05, 0.1) is 15.0 Å². The van der Waals surface area contributed by atoms with E-state index in [-0.39, 0.29) is 0 Å². The predicted octanol–water partition coefficient (Wildman–Crippen LogP) is 4.23. The van der Waals surface area contributed by atoms with E-state index in [4.69, 9.17) is 11.6 Å². The molecule has 1 heterocycles. The fourth-order valence-electron chi connectivity index (χ4n) is 1.03. The van der Waals surface area contributed by atoms with E-state index in [0.717, 1.165) is 20.1 Å². The predicted molar refractivity (Wildman–Crippen MR) is 60.3 cm³/mol. The molecule has 4 heteroatoms. The number of hydrogen-bond acceptors (Lipinski definition) is 2. The van der Waals surface area contributed by atoms with Crippen LogP contribution in [-0.2, 0) is 0 Å². The van der Waals surface area contributed by atoms with Gasteiger partial charge in [-0.2, -0.15) is 0 Å². The molecule has 0 radical (unpaired) electrons. The zero-order valence-corrected chi connectivity index (χ0v) is 9.66. The smallest absolute Gasteiger partial charge is 0.0976 e. The van der Waals surface area contributed by atoms with Gasteiger partial charge in [-0.05, 0) is 28.1 Å². The summed E-state index contributed by atoms with van der Waals surface area (Å²) in [4.78, 5) is 4.24. The van der Waals surface area contributed by atoms with Crippen LogP contribution in [0.5, 0.6) is 0 Å². The molecule has 0 aliphatic carbocycles. The Kier molecular flexibility index (Phi) is 2.67. The van der Waals surface area contributed by atoms with Gasteiger partial charge in [0.2, 0.25) is 0 Å². The van der Waals surface area contributed by atoms with Gasteiger partial charge in [-0.3, -0.25) is 0 Å². The Hall–Kier alpha value is -0.380. The lowest BCUT2D eigenvalue weighted by atomic mass is 10.2. The topological polar surface area (TPSA) is 12.9 Å². The van der Waals surface area contributed by atoms with Crippen molar-refractivity contribution in [3.63, 3.8) is 0 Å². The van der Waals surface area contributed by atoms with Crippen LogP contribution in [-0.4, -0.2) is 4.98 Å². The maximum Gasteiger partial charge on any atom is 0.0976 e. The molecule has 13 heavy (non-hydrogen) atoms. The second kappa shape index (κ2) is 3.78. The first-order valence-corrected chi connectivity index (χ1v) is 5.67. The molecule has 1 aromatic heterocycles. The molecule has 0 fully saturated rings. The Labute approximate surface area is 93.5 Å². The van der Waals surface area contributed by atoms with Crippen LogP contribution < -0.4 is 0 Å². The van der Waals surface area contributed by atoms with E-state index in [1.807, 2.05) is 29.8 Å². The largest absolute Gasteiger partial charge is 0.243 e. The summed E-state index contributed by atoms with van der Waals surface area (Å²) in [5, 5.41) is 0.745. The third kappa shape index (κ3) is 1.93. The second-order valence-electron chi connectivity index (χ2n) is 2.48. The van der Waals surface area contributed by atoms with E-state index in [0.29, 0.717) is 0 Å². The Morgan fingerprint density at radius 2 is 1.92 bits per heavy atom. The molecule has 0 unspecified atom stereocenters. The molecule has 1 nitrogen and oxygen atoms in total. The highest BCUT2D eigenvalue weighted by Gasteiger charge is 2.04. The average molecular weight is 275 g/mol. The van der Waals surface area contributed by atoms with Gasteiger partial charge in [-0.15, -0.1) is 11.3 Å². The van der Waals surface area contributed by atoms with E-state index in [1.54, 1.807) is 11.3 Å². The molecule has 66 valence electrons. The van der Waals surface area contributed by atoms with Crippen LogP contribution in [0.15, 0.2) is 33.6 Å². The third-order valence-corrected chi connectivity index (χ3v) is 3.44. The molecule has 1 aromatic carbocycles. The summed E-state index contributed by atoms with van der Waals surface area (Å²) in [6, 6.07) is 7.65. The fourth-order valence-corrected chi connectivity index (χ4v) is 2.27. The van der Waals surface area contributed by atoms with Crippen molar-refractivity contribution in [3.8, 4) is 11.3 Å². The Bertz CT molecular complexity index is 410. The molecule has 0 bridgehead atoms. The van der Waals surface area contributed by atoms with Crippen LogP contribution in [0.4, 0.5) is 0 Å². The van der Waals surface area contributed by atoms with E-state index in [1.165, 1.54) is 0 Å². The second-order valence-corrected chi connectivity index (χ2v) is 5.09. The lowest BCUT2D eigenvalue weighted by molar-refractivity contribution is 1.40. The molecule has 0 aliphatic rings. The molecule has 0 aliphatic heterocycles. The number of thiazole rings is 1. The van der Waals surface area contributed by atoms with Crippen molar-refractivity contribution >= 4 is 38.9 Å². The minimum atomic E-state index is 0.745. The van der Waals surface area contributed by atoms with Gasteiger partial charge >= 0.3 is 0 Å². The fraction of sp³-hybridized carbons (Fsp3) is 0. The summed E-state index contributed by atoms with van der Waals surface area (Å²) in [6.45, 7) is 0. The van der Waals surface area contributed by atoms with Crippen LogP contribution in [0, 0.1) is 0 Å². The van der Waals surface area contributed by atoms with E-state index in [2.05, 4.69) is 20.9 Å². The molecule has 0 saturated carbocycles. The number of hydrogen-bond donors (Lipinski definition) is 0. The van der Waals surface area contributed by atoms with Crippen molar-refractivity contribution in [1.82, 2.24) is 4.98 Å². The maximum absolute atomic E-state index is 5.78. The number of nitrogens with zero attached hydrogens (tertiary/aromatic N) is 1. The van der Waals surface area contributed by atoms with Crippen molar-refractivity contribution in [1.29, 1.82) is 0 Å². The minimum absolute atomic E-state index is 0.745. The summed E-state index contributed by atoms with van der Waals surface area (Å²) >= 11 is 10.8. The molecule has 0 N–H and O–H groups in total. The van der Waals surface area contributed by atoms with E-state index in [9.17, 15) is 0 Å². The van der Waals surface area contributed by atoms with Crippen LogP contribution in [0.1, 0.15) is 0 Å². The van der Waals surface area contributed by atoms with E-state index >= 15 is 0 Å². The summed E-state index contributed by atoms with van der Waals surface area (Å²) in [6.07, 6.45) is 0. The van der Waals surface area contributed by atoms with Crippen molar-refractivity contribution in [2.45, 2.75) is 0 Å². The Balaban J connectivity index is 2.47. The standard InChI is InChI=1S/C9H5BrClNS/c10-9-8(12-5-13-9)6-1-3-7(11)4-2-6/h1-5H. The highest BCUT2D eigenvalue weighted by molar-refractivity contribution is 9.11. The van der Waals surface area contributed by atoms with Crippen molar-refractivity contribution < 1.29 is 0 Å². The van der Waals surface area contributed by atoms with Gasteiger partial charge in [-0.1, -0.05) is 23.7 Å². The van der Waals surface area contributed by atoms with Crippen LogP contribution in [0.3, 0.4) is 0 Å². The van der Waals surface area contributed by atoms with Gasteiger partial charge in [-0.25, -0.2) is 4.98 Å². The number of halogens is 2. The molecule has 0 atom stereocenters. The normalized spacial score (nSPS) is 10.3. The number of aromatic nitrogens is 1. The first-order valence-electron chi connectivity index (χ1n) is 3.62. The summed E-state index contributed by atoms with van der Waals surface area (Å²) in [5.74, 6) is 0. The molecular weight excluding hydrogens is 270 g/mol. The molecule has 0 amide bonds. The number of rotatable bonds is 1. The summed E-state index contributed by atoms with van der Waals surface area (Å²) in [5.41, 5.74) is 3.87. The van der Waals surface area contributed by atoms with Crippen molar-refractivity contribution in [3.05, 3.63) is 38.6 Å². The quantitative estimate of drug-likeness (QED) is 0.758. The third-order valence-electron chi connectivity index (χ3n) is 1.64. The summed E-state index contributed by atoms with van der Waals surface area (Å²) in [7, 11) is 0. The molecule has 2 aromatic rings. The Morgan fingerprint density at radius 3 is 2.46 bits per heavy atom. The zero-order chi connectivity index (χ0) is 9.26. The maximum atomic E-state index is 5.78. The molecular formula is C9H5BrClNS. The van der Waals surface area contributed by atoms with Gasteiger partial charge in [0, 0.05) is 10.6 Å². The van der Waals surface area contributed by atoms with Gasteiger partial charge in [0.15, 0.2) is 0 Å². The van der Waals surface area contributed by atoms with Crippen LogP contribution in [0.2, 0.25) is 5.02 Å². The average Bonchev–Trinajstić information content (AvgIpc) is 2.53. The minimum Gasteiger partial charge on any atom is -0.243 e. The molecule has 0 saturated heterocycles. The van der Waals surface area contributed by atoms with Crippen molar-refractivity contribution in [2.24, 2.45) is 0 Å². The van der Waals surface area contributed by atoms with Crippen LogP contribution >= 0.6 is 38.9 Å². The van der Waals surface area contributed by atoms with Gasteiger partial charge < -0.3 is 0 Å². The SMILES string of the molecule is Clc1ccc(-c2ncsc2Br)cc1. The lowest BCUT2D eigenvalue weighted by Crippen LogP contribution is -1.76. The van der Waals surface area contributed by atoms with E-state index < -0.39 is 0 Å². The monoisotopic (exact) mass is 273 g/mol. The van der Waals surface area contributed by atoms with Gasteiger partial charge in [0.25, 0.3) is 0 Å². The highest BCUT2D eigenvalue weighted by atomic mass is 79.9. The van der Waals surface area contributed by atoms with Gasteiger partial charge in [0.1, 0.15) is 0 Å². The Morgan fingerprint density at radius 1 is 1.23 bits per heavy atom. The van der Waals surface area contributed by atoms with Crippen molar-refractivity contribution in [2.75, 3.05) is 0 Å².